The maximum Gasteiger partial charge on any atom is 0.121 e. The van der Waals surface area contributed by atoms with Crippen molar-refractivity contribution in [1.29, 1.82) is 0 Å². The summed E-state index contributed by atoms with van der Waals surface area (Å²) >= 11 is 0. The molecule has 0 fully saturated rings. The Morgan fingerprint density at radius 2 is 1.95 bits per heavy atom. The number of rotatable bonds is 3. The van der Waals surface area contributed by atoms with Gasteiger partial charge in [0.15, 0.2) is 0 Å². The summed E-state index contributed by atoms with van der Waals surface area (Å²) in [6.45, 7) is 4.01. The highest BCUT2D eigenvalue weighted by molar-refractivity contribution is 5.91. The summed E-state index contributed by atoms with van der Waals surface area (Å²) in [5, 5.41) is 14.6. The number of aromatic nitrogens is 1. The van der Waals surface area contributed by atoms with E-state index in [-0.39, 0.29) is 6.04 Å². The smallest absolute Gasteiger partial charge is 0.121 e. The fraction of sp³-hybridized carbons (Fsp3) is 0.167. The van der Waals surface area contributed by atoms with Gasteiger partial charge in [0.1, 0.15) is 5.75 Å². The van der Waals surface area contributed by atoms with Gasteiger partial charge in [-0.2, -0.15) is 0 Å². The van der Waals surface area contributed by atoms with Crippen LogP contribution in [-0.4, -0.2) is 10.1 Å². The molecule has 2 aromatic carbocycles. The average molecular weight is 278 g/mol. The normalized spacial score (nSPS) is 12.3. The van der Waals surface area contributed by atoms with E-state index in [9.17, 15) is 5.11 Å². The van der Waals surface area contributed by atoms with Crippen LogP contribution in [-0.2, 0) is 0 Å². The van der Waals surface area contributed by atoms with Crippen LogP contribution in [0.2, 0.25) is 0 Å². The van der Waals surface area contributed by atoms with E-state index < -0.39 is 0 Å². The van der Waals surface area contributed by atoms with Crippen LogP contribution in [0, 0.1) is 6.92 Å². The van der Waals surface area contributed by atoms with Gasteiger partial charge >= 0.3 is 0 Å². The number of benzene rings is 2. The average Bonchev–Trinajstić information content (AvgIpc) is 2.47. The standard InChI is InChI=1S/C18H18N2O/c1-12-8-9-14(18(21)11-12)13(2)20-17-7-3-6-16-15(17)5-4-10-19-16/h3-11,13,20-21H,1-2H3. The van der Waals surface area contributed by atoms with E-state index in [1.807, 2.05) is 56.3 Å². The molecule has 0 aliphatic carbocycles. The summed E-state index contributed by atoms with van der Waals surface area (Å²) in [5.41, 5.74) is 3.93. The molecular formula is C18H18N2O. The lowest BCUT2D eigenvalue weighted by Gasteiger charge is -2.18. The molecule has 1 unspecified atom stereocenters. The Morgan fingerprint density at radius 3 is 2.76 bits per heavy atom. The van der Waals surface area contributed by atoms with Crippen LogP contribution in [0.25, 0.3) is 10.9 Å². The van der Waals surface area contributed by atoms with Crippen LogP contribution in [0.15, 0.2) is 54.7 Å². The summed E-state index contributed by atoms with van der Waals surface area (Å²) < 4.78 is 0. The van der Waals surface area contributed by atoms with Gasteiger partial charge in [0, 0.05) is 22.8 Å². The molecule has 1 heterocycles. The van der Waals surface area contributed by atoms with Gasteiger partial charge in [-0.05, 0) is 49.7 Å². The van der Waals surface area contributed by atoms with Crippen molar-refractivity contribution in [1.82, 2.24) is 4.98 Å². The van der Waals surface area contributed by atoms with Crippen LogP contribution in [0.3, 0.4) is 0 Å². The maximum absolute atomic E-state index is 10.1. The Kier molecular flexibility index (Phi) is 3.48. The molecule has 3 aromatic rings. The topological polar surface area (TPSA) is 45.2 Å². The van der Waals surface area contributed by atoms with Crippen molar-refractivity contribution in [2.45, 2.75) is 19.9 Å². The molecule has 0 aliphatic rings. The molecule has 0 saturated heterocycles. The summed E-state index contributed by atoms with van der Waals surface area (Å²) in [5.74, 6) is 0.327. The first-order valence-electron chi connectivity index (χ1n) is 7.05. The number of phenols is 1. The van der Waals surface area contributed by atoms with Crippen molar-refractivity contribution in [3.05, 3.63) is 65.9 Å². The third kappa shape index (κ3) is 2.68. The van der Waals surface area contributed by atoms with E-state index in [4.69, 9.17) is 0 Å². The number of pyridine rings is 1. The maximum atomic E-state index is 10.1. The lowest BCUT2D eigenvalue weighted by Crippen LogP contribution is -2.07. The molecule has 3 nitrogen and oxygen atoms in total. The summed E-state index contributed by atoms with van der Waals surface area (Å²) in [7, 11) is 0. The minimum Gasteiger partial charge on any atom is -0.508 e. The molecule has 0 aliphatic heterocycles. The van der Waals surface area contributed by atoms with Gasteiger partial charge in [-0.1, -0.05) is 18.2 Å². The second-order valence-electron chi connectivity index (χ2n) is 5.30. The van der Waals surface area contributed by atoms with E-state index in [1.54, 1.807) is 12.3 Å². The van der Waals surface area contributed by atoms with Crippen molar-refractivity contribution in [3.8, 4) is 5.75 Å². The molecule has 0 saturated carbocycles. The van der Waals surface area contributed by atoms with Crippen molar-refractivity contribution < 1.29 is 5.11 Å². The van der Waals surface area contributed by atoms with Gasteiger partial charge in [-0.25, -0.2) is 0 Å². The van der Waals surface area contributed by atoms with Gasteiger partial charge in [0.05, 0.1) is 11.6 Å². The lowest BCUT2D eigenvalue weighted by atomic mass is 10.0. The van der Waals surface area contributed by atoms with E-state index in [1.165, 1.54) is 0 Å². The van der Waals surface area contributed by atoms with E-state index in [0.717, 1.165) is 27.7 Å². The van der Waals surface area contributed by atoms with E-state index in [0.29, 0.717) is 5.75 Å². The Morgan fingerprint density at radius 1 is 1.10 bits per heavy atom. The Balaban J connectivity index is 1.94. The number of fused-ring (bicyclic) bond motifs is 1. The van der Waals surface area contributed by atoms with E-state index in [2.05, 4.69) is 10.3 Å². The van der Waals surface area contributed by atoms with Crippen LogP contribution in [0.5, 0.6) is 5.75 Å². The van der Waals surface area contributed by atoms with Crippen LogP contribution < -0.4 is 5.32 Å². The minimum absolute atomic E-state index is 0.0106. The van der Waals surface area contributed by atoms with Gasteiger partial charge in [-0.3, -0.25) is 4.98 Å². The number of aromatic hydroxyl groups is 1. The highest BCUT2D eigenvalue weighted by atomic mass is 16.3. The monoisotopic (exact) mass is 278 g/mol. The first-order valence-corrected chi connectivity index (χ1v) is 7.05. The Hall–Kier alpha value is -2.55. The molecule has 0 bridgehead atoms. The van der Waals surface area contributed by atoms with Crippen LogP contribution >= 0.6 is 0 Å². The van der Waals surface area contributed by atoms with E-state index >= 15 is 0 Å². The number of phenolic OH excluding ortho intramolecular Hbond substituents is 1. The van der Waals surface area contributed by atoms with Gasteiger partial charge in [0.2, 0.25) is 0 Å². The SMILES string of the molecule is Cc1ccc(C(C)Nc2cccc3ncccc23)c(O)c1. The number of nitrogens with one attached hydrogen (secondary N) is 1. The fourth-order valence-electron chi connectivity index (χ4n) is 2.56. The van der Waals surface area contributed by atoms with Crippen molar-refractivity contribution in [3.63, 3.8) is 0 Å². The van der Waals surface area contributed by atoms with Crippen molar-refractivity contribution in [2.75, 3.05) is 5.32 Å². The summed E-state index contributed by atoms with van der Waals surface area (Å²) in [4.78, 5) is 4.36. The minimum atomic E-state index is 0.0106. The van der Waals surface area contributed by atoms with Crippen LogP contribution in [0.1, 0.15) is 24.1 Å². The number of hydrogen-bond acceptors (Lipinski definition) is 3. The number of anilines is 1. The first-order chi connectivity index (χ1) is 10.1. The zero-order chi connectivity index (χ0) is 14.8. The molecule has 1 aromatic heterocycles. The lowest BCUT2D eigenvalue weighted by molar-refractivity contribution is 0.465. The molecule has 0 amide bonds. The van der Waals surface area contributed by atoms with Crippen molar-refractivity contribution in [2.24, 2.45) is 0 Å². The molecule has 106 valence electrons. The predicted molar refractivity (Wildman–Crippen MR) is 86.6 cm³/mol. The fourth-order valence-corrected chi connectivity index (χ4v) is 2.56. The Bertz CT molecular complexity index is 778. The second-order valence-corrected chi connectivity index (χ2v) is 5.30. The molecule has 3 rings (SSSR count). The first kappa shape index (κ1) is 13.4. The molecule has 3 heteroatoms. The quantitative estimate of drug-likeness (QED) is 0.745. The molecule has 21 heavy (non-hydrogen) atoms. The molecule has 2 N–H and O–H groups in total. The largest absolute Gasteiger partial charge is 0.508 e. The van der Waals surface area contributed by atoms with Crippen LogP contribution in [0.4, 0.5) is 5.69 Å². The molecule has 0 radical (unpaired) electrons. The highest BCUT2D eigenvalue weighted by Crippen LogP contribution is 2.30. The second kappa shape index (κ2) is 5.44. The van der Waals surface area contributed by atoms with Gasteiger partial charge < -0.3 is 10.4 Å². The summed E-state index contributed by atoms with van der Waals surface area (Å²) in [6.07, 6.45) is 1.79. The van der Waals surface area contributed by atoms with Gasteiger partial charge in [0.25, 0.3) is 0 Å². The van der Waals surface area contributed by atoms with Gasteiger partial charge in [-0.15, -0.1) is 0 Å². The third-order valence-corrected chi connectivity index (χ3v) is 3.67. The predicted octanol–water partition coefficient (Wildman–Crippen LogP) is 4.42. The number of aryl methyl sites for hydroxylation is 1. The highest BCUT2D eigenvalue weighted by Gasteiger charge is 2.11. The summed E-state index contributed by atoms with van der Waals surface area (Å²) in [6, 6.07) is 15.8. The molecular weight excluding hydrogens is 260 g/mol. The zero-order valence-corrected chi connectivity index (χ0v) is 12.2. The Labute approximate surface area is 124 Å². The number of nitrogens with zero attached hydrogens (tertiary/aromatic N) is 1. The van der Waals surface area contributed by atoms with Crippen molar-refractivity contribution >= 4 is 16.6 Å². The molecule has 0 spiro atoms. The zero-order valence-electron chi connectivity index (χ0n) is 12.2. The number of hydrogen-bond donors (Lipinski definition) is 2. The third-order valence-electron chi connectivity index (χ3n) is 3.67. The molecule has 1 atom stereocenters.